The molecule has 1 fully saturated rings. The van der Waals surface area contributed by atoms with Crippen molar-refractivity contribution < 1.29 is 19.4 Å². The first-order valence-corrected chi connectivity index (χ1v) is 6.81. The minimum absolute atomic E-state index is 0.151. The predicted molar refractivity (Wildman–Crippen MR) is 73.1 cm³/mol. The Morgan fingerprint density at radius 1 is 1.40 bits per heavy atom. The van der Waals surface area contributed by atoms with Crippen LogP contribution in [0.5, 0.6) is 0 Å². The van der Waals surface area contributed by atoms with Gasteiger partial charge in [-0.1, -0.05) is 30.3 Å². The largest absolute Gasteiger partial charge is 0.481 e. The fourth-order valence-corrected chi connectivity index (χ4v) is 2.43. The Labute approximate surface area is 118 Å². The van der Waals surface area contributed by atoms with E-state index in [0.29, 0.717) is 19.6 Å². The molecule has 0 aromatic heterocycles. The molecule has 1 aromatic rings. The SMILES string of the molecule is CCO[C@H](C(=O)N1CC[C@@H](C(=O)O)C1)c1ccccc1. The molecule has 108 valence electrons. The number of amides is 1. The summed E-state index contributed by atoms with van der Waals surface area (Å²) in [5, 5.41) is 9.00. The second-order valence-electron chi connectivity index (χ2n) is 4.85. The summed E-state index contributed by atoms with van der Waals surface area (Å²) in [5.74, 6) is -1.45. The summed E-state index contributed by atoms with van der Waals surface area (Å²) in [6.45, 7) is 3.02. The lowest BCUT2D eigenvalue weighted by molar-refractivity contribution is -0.144. The van der Waals surface area contributed by atoms with Crippen LogP contribution in [0.3, 0.4) is 0 Å². The predicted octanol–water partition coefficient (Wildman–Crippen LogP) is 1.70. The first-order chi connectivity index (χ1) is 9.63. The zero-order valence-corrected chi connectivity index (χ0v) is 11.5. The molecule has 1 saturated heterocycles. The van der Waals surface area contributed by atoms with Crippen LogP contribution in [0, 0.1) is 5.92 Å². The average Bonchev–Trinajstić information content (AvgIpc) is 2.95. The molecule has 2 rings (SSSR count). The lowest BCUT2D eigenvalue weighted by Crippen LogP contribution is -2.35. The fraction of sp³-hybridized carbons (Fsp3) is 0.467. The summed E-state index contributed by atoms with van der Waals surface area (Å²) in [6, 6.07) is 9.30. The lowest BCUT2D eigenvalue weighted by Gasteiger charge is -2.23. The highest BCUT2D eigenvalue weighted by Gasteiger charge is 2.34. The van der Waals surface area contributed by atoms with Crippen molar-refractivity contribution in [3.05, 3.63) is 35.9 Å². The van der Waals surface area contributed by atoms with Gasteiger partial charge in [0.2, 0.25) is 0 Å². The molecule has 0 saturated carbocycles. The Hall–Kier alpha value is -1.88. The highest BCUT2D eigenvalue weighted by Crippen LogP contribution is 2.24. The summed E-state index contributed by atoms with van der Waals surface area (Å²) in [6.07, 6.45) is -0.136. The molecule has 0 bridgehead atoms. The minimum atomic E-state index is -0.840. The summed E-state index contributed by atoms with van der Waals surface area (Å²) in [4.78, 5) is 25.1. The normalized spacial score (nSPS) is 19.9. The first-order valence-electron chi connectivity index (χ1n) is 6.81. The van der Waals surface area contributed by atoms with E-state index >= 15 is 0 Å². The molecule has 1 amide bonds. The van der Waals surface area contributed by atoms with Crippen molar-refractivity contribution in [3.63, 3.8) is 0 Å². The molecule has 1 N–H and O–H groups in total. The molecule has 1 heterocycles. The number of carbonyl (C=O) groups excluding carboxylic acids is 1. The summed E-state index contributed by atoms with van der Waals surface area (Å²) < 4.78 is 5.56. The van der Waals surface area contributed by atoms with Gasteiger partial charge in [0.1, 0.15) is 0 Å². The maximum absolute atomic E-state index is 12.5. The van der Waals surface area contributed by atoms with Crippen LogP contribution in [0.15, 0.2) is 30.3 Å². The van der Waals surface area contributed by atoms with E-state index in [0.717, 1.165) is 5.56 Å². The zero-order valence-electron chi connectivity index (χ0n) is 11.5. The van der Waals surface area contributed by atoms with Gasteiger partial charge in [0.25, 0.3) is 5.91 Å². The number of carboxylic acids is 1. The maximum Gasteiger partial charge on any atom is 0.308 e. The van der Waals surface area contributed by atoms with Crippen LogP contribution < -0.4 is 0 Å². The average molecular weight is 277 g/mol. The van der Waals surface area contributed by atoms with Gasteiger partial charge < -0.3 is 14.7 Å². The molecular weight excluding hydrogens is 258 g/mol. The molecule has 0 aliphatic carbocycles. The number of aliphatic carboxylic acids is 1. The van der Waals surface area contributed by atoms with Gasteiger partial charge in [-0.05, 0) is 18.9 Å². The van der Waals surface area contributed by atoms with Gasteiger partial charge in [-0.2, -0.15) is 0 Å². The van der Waals surface area contributed by atoms with Crippen LogP contribution >= 0.6 is 0 Å². The van der Waals surface area contributed by atoms with E-state index in [1.165, 1.54) is 0 Å². The maximum atomic E-state index is 12.5. The van der Waals surface area contributed by atoms with Gasteiger partial charge in [-0.3, -0.25) is 9.59 Å². The first kappa shape index (κ1) is 14.5. The number of likely N-dealkylation sites (tertiary alicyclic amines) is 1. The van der Waals surface area contributed by atoms with Crippen LogP contribution in [0.1, 0.15) is 25.0 Å². The second-order valence-corrected chi connectivity index (χ2v) is 4.85. The third-order valence-corrected chi connectivity index (χ3v) is 3.51. The Bertz CT molecular complexity index is 474. The van der Waals surface area contributed by atoms with Gasteiger partial charge in [-0.25, -0.2) is 0 Å². The summed E-state index contributed by atoms with van der Waals surface area (Å²) >= 11 is 0. The standard InChI is InChI=1S/C15H19NO4/c1-2-20-13(11-6-4-3-5-7-11)14(17)16-9-8-12(10-16)15(18)19/h3-7,12-13H,2,8-10H2,1H3,(H,18,19)/t12-,13+/m1/s1. The van der Waals surface area contributed by atoms with E-state index in [-0.39, 0.29) is 12.5 Å². The minimum Gasteiger partial charge on any atom is -0.481 e. The molecule has 2 atom stereocenters. The van der Waals surface area contributed by atoms with Crippen LogP contribution in [-0.4, -0.2) is 41.6 Å². The lowest BCUT2D eigenvalue weighted by atomic mass is 10.1. The molecule has 1 aliphatic rings. The molecule has 5 heteroatoms. The number of carboxylic acid groups (broad SMARTS) is 1. The number of hydrogen-bond donors (Lipinski definition) is 1. The topological polar surface area (TPSA) is 66.8 Å². The van der Waals surface area contributed by atoms with E-state index in [1.807, 2.05) is 37.3 Å². The summed E-state index contributed by atoms with van der Waals surface area (Å²) in [5.41, 5.74) is 0.804. The number of nitrogens with zero attached hydrogens (tertiary/aromatic N) is 1. The third kappa shape index (κ3) is 3.17. The van der Waals surface area contributed by atoms with Crippen LogP contribution in [0.4, 0.5) is 0 Å². The van der Waals surface area contributed by atoms with Crippen molar-refractivity contribution >= 4 is 11.9 Å². The molecule has 20 heavy (non-hydrogen) atoms. The van der Waals surface area contributed by atoms with Gasteiger partial charge >= 0.3 is 5.97 Å². The number of carbonyl (C=O) groups is 2. The van der Waals surface area contributed by atoms with E-state index in [2.05, 4.69) is 0 Å². The van der Waals surface area contributed by atoms with Gasteiger partial charge in [-0.15, -0.1) is 0 Å². The van der Waals surface area contributed by atoms with Crippen LogP contribution in [-0.2, 0) is 14.3 Å². The Balaban J connectivity index is 2.10. The van der Waals surface area contributed by atoms with Crippen LogP contribution in [0.2, 0.25) is 0 Å². The van der Waals surface area contributed by atoms with Crippen molar-refractivity contribution in [3.8, 4) is 0 Å². The van der Waals surface area contributed by atoms with Crippen molar-refractivity contribution in [2.24, 2.45) is 5.92 Å². The molecule has 0 unspecified atom stereocenters. The van der Waals surface area contributed by atoms with Crippen LogP contribution in [0.25, 0.3) is 0 Å². The molecule has 1 aliphatic heterocycles. The Morgan fingerprint density at radius 2 is 2.10 bits per heavy atom. The fourth-order valence-electron chi connectivity index (χ4n) is 2.43. The van der Waals surface area contributed by atoms with Gasteiger partial charge in [0.15, 0.2) is 6.10 Å². The summed E-state index contributed by atoms with van der Waals surface area (Å²) in [7, 11) is 0. The van der Waals surface area contributed by atoms with Crippen molar-refractivity contribution in [1.29, 1.82) is 0 Å². The number of benzene rings is 1. The highest BCUT2D eigenvalue weighted by atomic mass is 16.5. The molecule has 0 spiro atoms. The number of ether oxygens (including phenoxy) is 1. The van der Waals surface area contributed by atoms with Crippen molar-refractivity contribution in [2.45, 2.75) is 19.4 Å². The molecule has 5 nitrogen and oxygen atoms in total. The second kappa shape index (κ2) is 6.52. The third-order valence-electron chi connectivity index (χ3n) is 3.51. The smallest absolute Gasteiger partial charge is 0.308 e. The monoisotopic (exact) mass is 277 g/mol. The number of hydrogen-bond acceptors (Lipinski definition) is 3. The van der Waals surface area contributed by atoms with E-state index in [9.17, 15) is 9.59 Å². The van der Waals surface area contributed by atoms with E-state index < -0.39 is 18.0 Å². The zero-order chi connectivity index (χ0) is 14.5. The van der Waals surface area contributed by atoms with Gasteiger partial charge in [0.05, 0.1) is 5.92 Å². The van der Waals surface area contributed by atoms with Crippen molar-refractivity contribution in [1.82, 2.24) is 4.90 Å². The van der Waals surface area contributed by atoms with Crippen molar-refractivity contribution in [2.75, 3.05) is 19.7 Å². The molecule has 1 aromatic carbocycles. The highest BCUT2D eigenvalue weighted by molar-refractivity contribution is 5.83. The Morgan fingerprint density at radius 3 is 2.65 bits per heavy atom. The number of rotatable bonds is 5. The van der Waals surface area contributed by atoms with Gasteiger partial charge in [0, 0.05) is 19.7 Å². The van der Waals surface area contributed by atoms with E-state index in [1.54, 1.807) is 4.90 Å². The molecule has 0 radical (unpaired) electrons. The molecular formula is C15H19NO4. The Kier molecular flexibility index (Phi) is 4.74. The quantitative estimate of drug-likeness (QED) is 0.889. The van der Waals surface area contributed by atoms with E-state index in [4.69, 9.17) is 9.84 Å².